The Labute approximate surface area is 86.0 Å². The summed E-state index contributed by atoms with van der Waals surface area (Å²) in [5.41, 5.74) is 0. The highest BCUT2D eigenvalue weighted by Gasteiger charge is 2.78. The zero-order valence-electron chi connectivity index (χ0n) is 7.16. The molecule has 100 valence electrons. The molecule has 1 atom stereocenters. The summed E-state index contributed by atoms with van der Waals surface area (Å²) in [7, 11) is 0. The van der Waals surface area contributed by atoms with Crippen molar-refractivity contribution in [2.45, 2.75) is 24.6 Å². The molecule has 0 aromatic heterocycles. The summed E-state index contributed by atoms with van der Waals surface area (Å²) in [5.74, 6) is 0. The minimum atomic E-state index is -5.75. The maximum absolute atomic E-state index is 12.8. The second kappa shape index (κ2) is 3.49. The van der Waals surface area contributed by atoms with Crippen molar-refractivity contribution in [1.29, 1.82) is 0 Å². The van der Waals surface area contributed by atoms with Crippen molar-refractivity contribution in [2.24, 2.45) is 0 Å². The second-order valence-electron chi connectivity index (χ2n) is 2.61. The van der Waals surface area contributed by atoms with Crippen LogP contribution in [0.15, 0.2) is 0 Å². The Morgan fingerprint density at radius 2 is 1.53 bits per heavy atom. The molecule has 0 amide bonds. The molecule has 4 nitrogen and oxygen atoms in total. The first-order valence-electron chi connectivity index (χ1n) is 3.44. The average molecular weight is 276 g/mol. The maximum Gasteiger partial charge on any atom is 0.495 e. The minimum absolute atomic E-state index is 2.30. The average Bonchev–Trinajstić information content (AvgIpc) is 2.12. The number of carbonyl (C=O) groups excluding carboxylic acids is 1. The van der Waals surface area contributed by atoms with Crippen molar-refractivity contribution in [2.75, 3.05) is 0 Å². The summed E-state index contributed by atoms with van der Waals surface area (Å²) in [5, 5.41) is 0. The molecule has 17 heavy (non-hydrogen) atoms. The molecular formula is C5F8O4. The third-order valence-corrected chi connectivity index (χ3v) is 1.33. The molecule has 0 N–H and O–H groups in total. The van der Waals surface area contributed by atoms with Crippen LogP contribution in [0.4, 0.5) is 35.1 Å². The Balaban J connectivity index is 3.00. The first-order chi connectivity index (χ1) is 7.31. The Kier molecular flexibility index (Phi) is 2.89. The van der Waals surface area contributed by atoms with E-state index in [0.29, 0.717) is 0 Å². The lowest BCUT2D eigenvalue weighted by atomic mass is 10.5. The number of carbonyl (C=O) groups is 1. The van der Waals surface area contributed by atoms with Crippen molar-refractivity contribution in [3.8, 4) is 0 Å². The summed E-state index contributed by atoms with van der Waals surface area (Å²) in [6.45, 7) is 0. The highest BCUT2D eigenvalue weighted by Crippen LogP contribution is 2.51. The van der Waals surface area contributed by atoms with Crippen LogP contribution in [-0.4, -0.2) is 30.6 Å². The first-order valence-corrected chi connectivity index (χ1v) is 3.44. The highest BCUT2D eigenvalue weighted by molar-refractivity contribution is 5.74. The molecule has 0 aliphatic carbocycles. The molecule has 0 saturated carbocycles. The molecule has 1 aliphatic heterocycles. The smallest absolute Gasteiger partial charge is 0.251 e. The fourth-order valence-electron chi connectivity index (χ4n) is 0.728. The third kappa shape index (κ3) is 2.47. The monoisotopic (exact) mass is 276 g/mol. The minimum Gasteiger partial charge on any atom is -0.251 e. The highest BCUT2D eigenvalue weighted by atomic mass is 19.3. The van der Waals surface area contributed by atoms with Gasteiger partial charge in [-0.15, -0.1) is 8.78 Å². The molecule has 1 aliphatic rings. The molecule has 0 spiro atoms. The summed E-state index contributed by atoms with van der Waals surface area (Å²) < 4.78 is 105. The quantitative estimate of drug-likeness (QED) is 0.583. The molecular weight excluding hydrogens is 276 g/mol. The predicted octanol–water partition coefficient (Wildman–Crippen LogP) is 1.91. The molecule has 0 aromatic rings. The van der Waals surface area contributed by atoms with Crippen LogP contribution in [0.25, 0.3) is 0 Å². The summed E-state index contributed by atoms with van der Waals surface area (Å²) >= 11 is 0. The first kappa shape index (κ1) is 14.1. The standard InChI is InChI=1S/C5F8O4/c6-1(14)2(7,8)15-4(11)3(9,10)16-5(12,13)17-4. The van der Waals surface area contributed by atoms with E-state index in [1.807, 2.05) is 0 Å². The Morgan fingerprint density at radius 3 is 1.82 bits per heavy atom. The molecule has 0 bridgehead atoms. The van der Waals surface area contributed by atoms with Crippen LogP contribution < -0.4 is 0 Å². The van der Waals surface area contributed by atoms with Crippen molar-refractivity contribution in [3.63, 3.8) is 0 Å². The van der Waals surface area contributed by atoms with Crippen LogP contribution in [0.2, 0.25) is 0 Å². The van der Waals surface area contributed by atoms with Gasteiger partial charge < -0.3 is 0 Å². The van der Waals surface area contributed by atoms with Crippen LogP contribution in [0.3, 0.4) is 0 Å². The largest absolute Gasteiger partial charge is 0.495 e. The number of rotatable bonds is 3. The lowest BCUT2D eigenvalue weighted by Gasteiger charge is -2.24. The lowest BCUT2D eigenvalue weighted by molar-refractivity contribution is -0.461. The summed E-state index contributed by atoms with van der Waals surface area (Å²) in [6.07, 6.45) is -16.7. The van der Waals surface area contributed by atoms with Gasteiger partial charge in [0.2, 0.25) is 0 Å². The van der Waals surface area contributed by atoms with Crippen molar-refractivity contribution >= 4 is 6.04 Å². The van der Waals surface area contributed by atoms with E-state index in [2.05, 4.69) is 14.2 Å². The molecule has 0 aromatic carbocycles. The van der Waals surface area contributed by atoms with E-state index in [4.69, 9.17) is 0 Å². The van der Waals surface area contributed by atoms with E-state index < -0.39 is 30.6 Å². The number of ether oxygens (including phenoxy) is 3. The Hall–Kier alpha value is -1.01. The normalized spacial score (nSPS) is 31.5. The lowest BCUT2D eigenvalue weighted by Crippen LogP contribution is -2.50. The molecule has 1 fully saturated rings. The van der Waals surface area contributed by atoms with Gasteiger partial charge in [0.25, 0.3) is 0 Å². The molecule has 1 heterocycles. The van der Waals surface area contributed by atoms with Gasteiger partial charge in [-0.1, -0.05) is 0 Å². The second-order valence-corrected chi connectivity index (χ2v) is 2.61. The number of hydrogen-bond acceptors (Lipinski definition) is 4. The zero-order chi connectivity index (χ0) is 13.7. The van der Waals surface area contributed by atoms with Crippen molar-refractivity contribution in [1.82, 2.24) is 0 Å². The number of alkyl halides is 7. The van der Waals surface area contributed by atoms with Gasteiger partial charge in [0.1, 0.15) is 0 Å². The number of hydrogen-bond donors (Lipinski definition) is 0. The van der Waals surface area contributed by atoms with Gasteiger partial charge in [-0.25, -0.2) is 14.2 Å². The van der Waals surface area contributed by atoms with Gasteiger partial charge in [0.15, 0.2) is 0 Å². The van der Waals surface area contributed by atoms with E-state index >= 15 is 0 Å². The zero-order valence-corrected chi connectivity index (χ0v) is 7.16. The SMILES string of the molecule is O=C(F)C(F)(F)OC1(F)OC(F)(F)OC1(F)F. The van der Waals surface area contributed by atoms with E-state index in [9.17, 15) is 39.9 Å². The molecule has 12 heteroatoms. The van der Waals surface area contributed by atoms with Crippen LogP contribution >= 0.6 is 0 Å². The van der Waals surface area contributed by atoms with Crippen LogP contribution in [0.5, 0.6) is 0 Å². The van der Waals surface area contributed by atoms with Crippen LogP contribution in [0, 0.1) is 0 Å². The van der Waals surface area contributed by atoms with Crippen molar-refractivity contribution < 1.29 is 54.1 Å². The van der Waals surface area contributed by atoms with E-state index in [-0.39, 0.29) is 0 Å². The molecule has 1 rings (SSSR count). The van der Waals surface area contributed by atoms with E-state index in [1.54, 1.807) is 0 Å². The van der Waals surface area contributed by atoms with Gasteiger partial charge in [-0.3, -0.25) is 4.79 Å². The molecule has 1 unspecified atom stereocenters. The predicted molar refractivity (Wildman–Crippen MR) is 28.1 cm³/mol. The van der Waals surface area contributed by atoms with Gasteiger partial charge in [-0.05, 0) is 0 Å². The van der Waals surface area contributed by atoms with Crippen LogP contribution in [0.1, 0.15) is 0 Å². The fraction of sp³-hybridized carbons (Fsp3) is 0.800. The van der Waals surface area contributed by atoms with E-state index in [0.717, 1.165) is 0 Å². The van der Waals surface area contributed by atoms with Crippen molar-refractivity contribution in [3.05, 3.63) is 0 Å². The van der Waals surface area contributed by atoms with E-state index in [1.165, 1.54) is 0 Å². The topological polar surface area (TPSA) is 44.8 Å². The summed E-state index contributed by atoms with van der Waals surface area (Å²) in [4.78, 5) is 9.53. The Bertz CT molecular complexity index is 343. The molecule has 1 saturated heterocycles. The fourth-order valence-corrected chi connectivity index (χ4v) is 0.728. The maximum atomic E-state index is 12.8. The van der Waals surface area contributed by atoms with Gasteiger partial charge in [0.05, 0.1) is 0 Å². The van der Waals surface area contributed by atoms with Gasteiger partial charge in [-0.2, -0.15) is 26.3 Å². The van der Waals surface area contributed by atoms with Gasteiger partial charge in [0, 0.05) is 0 Å². The van der Waals surface area contributed by atoms with Gasteiger partial charge >= 0.3 is 30.6 Å². The number of halogens is 8. The molecule has 0 radical (unpaired) electrons. The third-order valence-electron chi connectivity index (χ3n) is 1.33. The Morgan fingerprint density at radius 1 is 1.06 bits per heavy atom. The van der Waals surface area contributed by atoms with Crippen LogP contribution in [-0.2, 0) is 19.0 Å². The summed E-state index contributed by atoms with van der Waals surface area (Å²) in [6, 6.07) is -9.22.